The Kier molecular flexibility index (Phi) is 5.28. The second-order valence-corrected chi connectivity index (χ2v) is 3.46. The zero-order chi connectivity index (χ0) is 11.8. The van der Waals surface area contributed by atoms with E-state index in [1.165, 1.54) is 0 Å². The molecule has 0 radical (unpaired) electrons. The highest BCUT2D eigenvalue weighted by molar-refractivity contribution is 5.73. The second kappa shape index (κ2) is 6.79. The van der Waals surface area contributed by atoms with E-state index in [1.54, 1.807) is 13.3 Å². The first-order valence-corrected chi connectivity index (χ1v) is 5.20. The van der Waals surface area contributed by atoms with E-state index in [4.69, 9.17) is 10.5 Å². The van der Waals surface area contributed by atoms with Gasteiger partial charge in [-0.1, -0.05) is 6.07 Å². The van der Waals surface area contributed by atoms with Gasteiger partial charge >= 0.3 is 0 Å². The standard InChI is InChI=1S/C11H17N3O2/c1-16-11-5-4-9(8-14-11)7-13-6-2-3-10(12)15/h4-5,8,13H,2-3,6-7H2,1H3,(H2,12,15). The molecule has 1 aromatic heterocycles. The van der Waals surface area contributed by atoms with Crippen LogP contribution in [0.2, 0.25) is 0 Å². The topological polar surface area (TPSA) is 77.2 Å². The van der Waals surface area contributed by atoms with Crippen molar-refractivity contribution < 1.29 is 9.53 Å². The van der Waals surface area contributed by atoms with Crippen LogP contribution in [-0.4, -0.2) is 24.5 Å². The molecule has 0 unspecified atom stereocenters. The lowest BCUT2D eigenvalue weighted by atomic mass is 10.2. The largest absolute Gasteiger partial charge is 0.481 e. The lowest BCUT2D eigenvalue weighted by molar-refractivity contribution is -0.118. The van der Waals surface area contributed by atoms with Crippen LogP contribution in [-0.2, 0) is 11.3 Å². The monoisotopic (exact) mass is 223 g/mol. The number of ether oxygens (including phenoxy) is 1. The number of nitrogens with zero attached hydrogens (tertiary/aromatic N) is 1. The number of amides is 1. The van der Waals surface area contributed by atoms with Crippen molar-refractivity contribution in [2.45, 2.75) is 19.4 Å². The summed E-state index contributed by atoms with van der Waals surface area (Å²) >= 11 is 0. The number of hydrogen-bond acceptors (Lipinski definition) is 4. The maximum atomic E-state index is 10.5. The number of carbonyl (C=O) groups excluding carboxylic acids is 1. The Morgan fingerprint density at radius 2 is 2.38 bits per heavy atom. The summed E-state index contributed by atoms with van der Waals surface area (Å²) in [7, 11) is 1.59. The molecule has 5 heteroatoms. The van der Waals surface area contributed by atoms with E-state index in [9.17, 15) is 4.79 Å². The number of aromatic nitrogens is 1. The molecule has 0 fully saturated rings. The Balaban J connectivity index is 2.19. The Labute approximate surface area is 95.0 Å². The van der Waals surface area contributed by atoms with Crippen molar-refractivity contribution in [2.24, 2.45) is 5.73 Å². The summed E-state index contributed by atoms with van der Waals surface area (Å²) in [4.78, 5) is 14.6. The summed E-state index contributed by atoms with van der Waals surface area (Å²) in [6, 6.07) is 3.77. The molecule has 0 spiro atoms. The molecule has 1 amide bonds. The summed E-state index contributed by atoms with van der Waals surface area (Å²) in [5.41, 5.74) is 6.11. The maximum absolute atomic E-state index is 10.5. The third kappa shape index (κ3) is 4.75. The maximum Gasteiger partial charge on any atom is 0.217 e. The van der Waals surface area contributed by atoms with Crippen LogP contribution >= 0.6 is 0 Å². The molecule has 1 rings (SSSR count). The Morgan fingerprint density at radius 3 is 2.94 bits per heavy atom. The van der Waals surface area contributed by atoms with E-state index in [0.717, 1.165) is 25.1 Å². The molecule has 88 valence electrons. The molecule has 1 aromatic rings. The molecular formula is C11H17N3O2. The molecule has 0 saturated carbocycles. The summed E-state index contributed by atoms with van der Waals surface area (Å²) in [5.74, 6) is 0.352. The molecule has 0 atom stereocenters. The summed E-state index contributed by atoms with van der Waals surface area (Å²) in [6.07, 6.45) is 2.95. The average Bonchev–Trinajstić information content (AvgIpc) is 2.29. The molecular weight excluding hydrogens is 206 g/mol. The number of primary amides is 1. The normalized spacial score (nSPS) is 10.1. The smallest absolute Gasteiger partial charge is 0.217 e. The van der Waals surface area contributed by atoms with Crippen molar-refractivity contribution in [3.05, 3.63) is 23.9 Å². The van der Waals surface area contributed by atoms with Gasteiger partial charge in [-0.25, -0.2) is 4.98 Å². The molecule has 0 bridgehead atoms. The highest BCUT2D eigenvalue weighted by Gasteiger charge is 1.96. The third-order valence-electron chi connectivity index (χ3n) is 2.11. The van der Waals surface area contributed by atoms with Crippen molar-refractivity contribution in [1.29, 1.82) is 0 Å². The Morgan fingerprint density at radius 1 is 1.56 bits per heavy atom. The van der Waals surface area contributed by atoms with Gasteiger partial charge in [-0.3, -0.25) is 4.79 Å². The predicted octanol–water partition coefficient (Wildman–Crippen LogP) is 0.445. The number of hydrogen-bond donors (Lipinski definition) is 2. The number of pyridine rings is 1. The SMILES string of the molecule is COc1ccc(CNCCCC(N)=O)cn1. The van der Waals surface area contributed by atoms with Crippen molar-refractivity contribution in [3.63, 3.8) is 0 Å². The minimum absolute atomic E-state index is 0.257. The van der Waals surface area contributed by atoms with Crippen LogP contribution in [0.5, 0.6) is 5.88 Å². The quantitative estimate of drug-likeness (QED) is 0.658. The molecule has 0 aliphatic rings. The van der Waals surface area contributed by atoms with Gasteiger partial charge in [-0.05, 0) is 18.5 Å². The second-order valence-electron chi connectivity index (χ2n) is 3.46. The highest BCUT2D eigenvalue weighted by Crippen LogP contribution is 2.06. The fourth-order valence-electron chi connectivity index (χ4n) is 1.26. The van der Waals surface area contributed by atoms with E-state index in [-0.39, 0.29) is 5.91 Å². The van der Waals surface area contributed by atoms with Crippen LogP contribution in [0, 0.1) is 0 Å². The van der Waals surface area contributed by atoms with E-state index < -0.39 is 0 Å². The molecule has 0 saturated heterocycles. The molecule has 0 aromatic carbocycles. The Bertz CT molecular complexity index is 325. The van der Waals surface area contributed by atoms with Crippen LogP contribution < -0.4 is 15.8 Å². The lowest BCUT2D eigenvalue weighted by Gasteiger charge is -2.04. The molecule has 0 aliphatic carbocycles. The molecule has 5 nitrogen and oxygen atoms in total. The first-order valence-electron chi connectivity index (χ1n) is 5.20. The van der Waals surface area contributed by atoms with Crippen molar-refractivity contribution in [3.8, 4) is 5.88 Å². The number of nitrogens with two attached hydrogens (primary N) is 1. The van der Waals surface area contributed by atoms with Gasteiger partial charge in [0.2, 0.25) is 11.8 Å². The van der Waals surface area contributed by atoms with Crippen LogP contribution in [0.1, 0.15) is 18.4 Å². The van der Waals surface area contributed by atoms with Crippen molar-refractivity contribution >= 4 is 5.91 Å². The highest BCUT2D eigenvalue weighted by atomic mass is 16.5. The van der Waals surface area contributed by atoms with Crippen LogP contribution in [0.3, 0.4) is 0 Å². The van der Waals surface area contributed by atoms with Gasteiger partial charge in [0, 0.05) is 25.2 Å². The minimum atomic E-state index is -0.257. The third-order valence-corrected chi connectivity index (χ3v) is 2.11. The van der Waals surface area contributed by atoms with Gasteiger partial charge in [0.15, 0.2) is 0 Å². The van der Waals surface area contributed by atoms with E-state index in [0.29, 0.717) is 12.3 Å². The first kappa shape index (κ1) is 12.4. The molecule has 16 heavy (non-hydrogen) atoms. The van der Waals surface area contributed by atoms with Crippen LogP contribution in [0.15, 0.2) is 18.3 Å². The van der Waals surface area contributed by atoms with Gasteiger partial charge in [0.25, 0.3) is 0 Å². The molecule has 3 N–H and O–H groups in total. The zero-order valence-electron chi connectivity index (χ0n) is 9.40. The van der Waals surface area contributed by atoms with Gasteiger partial charge in [0.05, 0.1) is 7.11 Å². The van der Waals surface area contributed by atoms with Gasteiger partial charge in [0.1, 0.15) is 0 Å². The lowest BCUT2D eigenvalue weighted by Crippen LogP contribution is -2.18. The van der Waals surface area contributed by atoms with E-state index in [2.05, 4.69) is 10.3 Å². The summed E-state index contributed by atoms with van der Waals surface area (Å²) < 4.78 is 4.96. The number of rotatable bonds is 7. The number of nitrogens with one attached hydrogen (secondary N) is 1. The predicted molar refractivity (Wildman–Crippen MR) is 60.9 cm³/mol. The van der Waals surface area contributed by atoms with Crippen LogP contribution in [0.4, 0.5) is 0 Å². The molecule has 1 heterocycles. The van der Waals surface area contributed by atoms with Crippen molar-refractivity contribution in [2.75, 3.05) is 13.7 Å². The fraction of sp³-hybridized carbons (Fsp3) is 0.455. The minimum Gasteiger partial charge on any atom is -0.481 e. The summed E-state index contributed by atoms with van der Waals surface area (Å²) in [6.45, 7) is 1.50. The van der Waals surface area contributed by atoms with Gasteiger partial charge in [-0.15, -0.1) is 0 Å². The van der Waals surface area contributed by atoms with Gasteiger partial charge < -0.3 is 15.8 Å². The number of methoxy groups -OCH3 is 1. The number of carbonyl (C=O) groups is 1. The fourth-order valence-corrected chi connectivity index (χ4v) is 1.26. The first-order chi connectivity index (χ1) is 7.72. The van der Waals surface area contributed by atoms with Crippen LogP contribution in [0.25, 0.3) is 0 Å². The summed E-state index contributed by atoms with van der Waals surface area (Å²) in [5, 5.41) is 3.21. The molecule has 0 aliphatic heterocycles. The van der Waals surface area contributed by atoms with Gasteiger partial charge in [-0.2, -0.15) is 0 Å². The zero-order valence-corrected chi connectivity index (χ0v) is 9.40. The van der Waals surface area contributed by atoms with Crippen molar-refractivity contribution in [1.82, 2.24) is 10.3 Å². The average molecular weight is 223 g/mol. The van der Waals surface area contributed by atoms with E-state index >= 15 is 0 Å². The van der Waals surface area contributed by atoms with E-state index in [1.807, 2.05) is 12.1 Å². The Hall–Kier alpha value is -1.62.